The lowest BCUT2D eigenvalue weighted by molar-refractivity contribution is 0.00977. The van der Waals surface area contributed by atoms with E-state index in [-0.39, 0.29) is 5.54 Å². The molecule has 0 aromatic carbocycles. The van der Waals surface area contributed by atoms with E-state index in [1.807, 2.05) is 0 Å². The average molecular weight is 411 g/mol. The van der Waals surface area contributed by atoms with Gasteiger partial charge < -0.3 is 19.7 Å². The van der Waals surface area contributed by atoms with Crippen molar-refractivity contribution in [1.29, 1.82) is 0 Å². The van der Waals surface area contributed by atoms with Gasteiger partial charge in [0.15, 0.2) is 5.96 Å². The maximum absolute atomic E-state index is 6.01. The minimum Gasteiger partial charge on any atom is -0.385 e. The molecule has 0 bridgehead atoms. The largest absolute Gasteiger partial charge is 0.385 e. The van der Waals surface area contributed by atoms with E-state index in [1.54, 1.807) is 7.11 Å². The first-order valence-electron chi connectivity index (χ1n) is 11.7. The molecule has 0 aromatic rings. The van der Waals surface area contributed by atoms with Gasteiger partial charge in [0.05, 0.1) is 12.6 Å². The molecule has 6 heteroatoms. The number of likely N-dealkylation sites (tertiary alicyclic amines) is 2. The molecule has 2 saturated heterocycles. The van der Waals surface area contributed by atoms with Crippen LogP contribution in [0.15, 0.2) is 4.99 Å². The molecule has 0 amide bonds. The van der Waals surface area contributed by atoms with Crippen molar-refractivity contribution in [2.75, 3.05) is 59.6 Å². The van der Waals surface area contributed by atoms with Crippen LogP contribution in [0.1, 0.15) is 60.3 Å². The number of aliphatic imine (C=N–C) groups is 1. The number of methoxy groups -OCH3 is 1. The fraction of sp³-hybridized carbons (Fsp3) is 0.957. The number of nitrogens with zero attached hydrogens (tertiary/aromatic N) is 3. The van der Waals surface area contributed by atoms with Crippen LogP contribution in [-0.4, -0.2) is 87.0 Å². The predicted molar refractivity (Wildman–Crippen MR) is 122 cm³/mol. The van der Waals surface area contributed by atoms with Crippen LogP contribution in [-0.2, 0) is 9.47 Å². The molecular weight excluding hydrogens is 364 g/mol. The maximum Gasteiger partial charge on any atom is 0.193 e. The predicted octanol–water partition coefficient (Wildman–Crippen LogP) is 3.23. The fourth-order valence-electron chi connectivity index (χ4n) is 4.64. The smallest absolute Gasteiger partial charge is 0.193 e. The van der Waals surface area contributed by atoms with Crippen LogP contribution in [0.2, 0.25) is 0 Å². The molecule has 2 aliphatic rings. The van der Waals surface area contributed by atoms with Crippen molar-refractivity contribution >= 4 is 5.96 Å². The van der Waals surface area contributed by atoms with Crippen LogP contribution in [0.3, 0.4) is 0 Å². The summed E-state index contributed by atoms with van der Waals surface area (Å²) in [6, 6.07) is 0. The average Bonchev–Trinajstić information content (AvgIpc) is 2.68. The lowest BCUT2D eigenvalue weighted by Crippen LogP contribution is -2.53. The summed E-state index contributed by atoms with van der Waals surface area (Å²) >= 11 is 0. The highest BCUT2D eigenvalue weighted by molar-refractivity contribution is 5.80. The molecule has 0 radical (unpaired) electrons. The summed E-state index contributed by atoms with van der Waals surface area (Å²) in [6.07, 6.45) is 4.84. The molecule has 2 fully saturated rings. The van der Waals surface area contributed by atoms with Crippen LogP contribution < -0.4 is 5.32 Å². The van der Waals surface area contributed by atoms with E-state index in [2.05, 4.69) is 49.7 Å². The second-order valence-electron chi connectivity index (χ2n) is 9.74. The Morgan fingerprint density at radius 2 is 1.76 bits per heavy atom. The minimum atomic E-state index is 0.0897. The lowest BCUT2D eigenvalue weighted by Gasteiger charge is -2.44. The Morgan fingerprint density at radius 1 is 1.10 bits per heavy atom. The van der Waals surface area contributed by atoms with Gasteiger partial charge in [0.1, 0.15) is 0 Å². The van der Waals surface area contributed by atoms with Crippen LogP contribution >= 0.6 is 0 Å². The highest BCUT2D eigenvalue weighted by atomic mass is 16.5. The fourth-order valence-corrected chi connectivity index (χ4v) is 4.64. The van der Waals surface area contributed by atoms with Crippen LogP contribution in [0.25, 0.3) is 0 Å². The number of piperidine rings is 2. The van der Waals surface area contributed by atoms with Gasteiger partial charge in [0.25, 0.3) is 0 Å². The monoisotopic (exact) mass is 410 g/mol. The second-order valence-corrected chi connectivity index (χ2v) is 9.74. The first-order chi connectivity index (χ1) is 13.9. The lowest BCUT2D eigenvalue weighted by atomic mass is 9.88. The Hall–Kier alpha value is -0.850. The summed E-state index contributed by atoms with van der Waals surface area (Å²) in [6.45, 7) is 19.3. The van der Waals surface area contributed by atoms with E-state index in [9.17, 15) is 0 Å². The van der Waals surface area contributed by atoms with Crippen molar-refractivity contribution in [3.8, 4) is 0 Å². The number of nitrogens with one attached hydrogen (secondary N) is 1. The molecule has 2 heterocycles. The number of hydrogen-bond acceptors (Lipinski definition) is 4. The van der Waals surface area contributed by atoms with Crippen molar-refractivity contribution < 1.29 is 9.47 Å². The topological polar surface area (TPSA) is 49.3 Å². The van der Waals surface area contributed by atoms with Crippen LogP contribution in [0, 0.1) is 11.8 Å². The third-order valence-electron chi connectivity index (χ3n) is 6.26. The van der Waals surface area contributed by atoms with Gasteiger partial charge in [0.2, 0.25) is 0 Å². The molecule has 0 aromatic heterocycles. The highest BCUT2D eigenvalue weighted by Gasteiger charge is 2.33. The number of ether oxygens (including phenoxy) is 2. The molecular formula is C23H46N4O2. The Labute approximate surface area is 179 Å². The van der Waals surface area contributed by atoms with E-state index in [1.165, 1.54) is 19.5 Å². The first kappa shape index (κ1) is 24.4. The van der Waals surface area contributed by atoms with E-state index in [0.717, 1.165) is 76.5 Å². The van der Waals surface area contributed by atoms with E-state index < -0.39 is 0 Å². The zero-order valence-electron chi connectivity index (χ0n) is 19.9. The van der Waals surface area contributed by atoms with Crippen molar-refractivity contribution in [3.05, 3.63) is 0 Å². The number of guanidine groups is 1. The molecule has 6 nitrogen and oxygen atoms in total. The summed E-state index contributed by atoms with van der Waals surface area (Å²) < 4.78 is 11.1. The third-order valence-corrected chi connectivity index (χ3v) is 6.26. The molecule has 2 rings (SSSR count). The zero-order valence-corrected chi connectivity index (χ0v) is 19.9. The third kappa shape index (κ3) is 8.06. The molecule has 1 N–H and O–H groups in total. The van der Waals surface area contributed by atoms with Crippen molar-refractivity contribution in [2.45, 2.75) is 71.9 Å². The summed E-state index contributed by atoms with van der Waals surface area (Å²) in [5.74, 6) is 2.62. The van der Waals surface area contributed by atoms with Gasteiger partial charge in [-0.25, -0.2) is 0 Å². The first-order valence-corrected chi connectivity index (χ1v) is 11.7. The van der Waals surface area contributed by atoms with Gasteiger partial charge in [0, 0.05) is 58.6 Å². The number of hydrogen-bond donors (Lipinski definition) is 1. The molecule has 2 atom stereocenters. The van der Waals surface area contributed by atoms with Gasteiger partial charge >= 0.3 is 0 Å². The molecule has 170 valence electrons. The van der Waals surface area contributed by atoms with Crippen molar-refractivity contribution in [2.24, 2.45) is 16.8 Å². The zero-order chi connectivity index (χ0) is 21.3. The van der Waals surface area contributed by atoms with Crippen molar-refractivity contribution in [3.63, 3.8) is 0 Å². The molecule has 0 aliphatic carbocycles. The summed E-state index contributed by atoms with van der Waals surface area (Å²) in [5, 5.41) is 3.52. The minimum absolute atomic E-state index is 0.0897. The van der Waals surface area contributed by atoms with Gasteiger partial charge in [-0.2, -0.15) is 0 Å². The molecule has 2 aliphatic heterocycles. The standard InChI is InChI=1S/C23H46N4O2/c1-7-24-22(26-11-9-21(10-12-26)29-14-8-13-28-6)25-18-23(4,5)27-16-19(2)15-20(3)17-27/h19-21H,7-18H2,1-6H3,(H,24,25). The SMILES string of the molecule is CCNC(=NCC(C)(C)N1CC(C)CC(C)C1)N1CCC(OCCCOC)CC1. The summed E-state index contributed by atoms with van der Waals surface area (Å²) in [4.78, 5) is 10.1. The summed E-state index contributed by atoms with van der Waals surface area (Å²) in [5.41, 5.74) is 0.0897. The van der Waals surface area contributed by atoms with Crippen LogP contribution in [0.4, 0.5) is 0 Å². The van der Waals surface area contributed by atoms with E-state index in [4.69, 9.17) is 14.5 Å². The van der Waals surface area contributed by atoms with Crippen LogP contribution in [0.5, 0.6) is 0 Å². The normalized spacial score (nSPS) is 25.4. The Kier molecular flexibility index (Phi) is 10.2. The molecule has 29 heavy (non-hydrogen) atoms. The molecule has 2 unspecified atom stereocenters. The highest BCUT2D eigenvalue weighted by Crippen LogP contribution is 2.27. The van der Waals surface area contributed by atoms with Crippen molar-refractivity contribution in [1.82, 2.24) is 15.1 Å². The van der Waals surface area contributed by atoms with Gasteiger partial charge in [-0.3, -0.25) is 9.89 Å². The Morgan fingerprint density at radius 3 is 2.34 bits per heavy atom. The van der Waals surface area contributed by atoms with Gasteiger partial charge in [-0.15, -0.1) is 0 Å². The quantitative estimate of drug-likeness (QED) is 0.359. The van der Waals surface area contributed by atoms with Gasteiger partial charge in [-0.05, 0) is 58.3 Å². The second kappa shape index (κ2) is 12.1. The Bertz CT molecular complexity index is 479. The van der Waals surface area contributed by atoms with E-state index in [0.29, 0.717) is 6.10 Å². The molecule has 0 saturated carbocycles. The van der Waals surface area contributed by atoms with Gasteiger partial charge in [-0.1, -0.05) is 13.8 Å². The molecule has 0 spiro atoms. The Balaban J connectivity index is 1.87. The van der Waals surface area contributed by atoms with E-state index >= 15 is 0 Å². The number of rotatable bonds is 9. The maximum atomic E-state index is 6.01. The summed E-state index contributed by atoms with van der Waals surface area (Å²) in [7, 11) is 1.74.